The largest absolute Gasteiger partial charge is 0.247 e. The molecule has 0 unspecified atom stereocenters. The highest BCUT2D eigenvalue weighted by Gasteiger charge is 2.15. The molecular formula is C37H21NS. The molecule has 2 heteroatoms. The molecule has 0 atom stereocenters. The number of pyridine rings is 1. The number of aromatic nitrogens is 1. The SMILES string of the molecule is c1ccc2c(c1)ccc1ccc(-c3ccc4cc(-c5ccc6ccc7cccc8sc5c6c78)ccc4c3)nc12. The molecule has 0 aliphatic carbocycles. The topological polar surface area (TPSA) is 12.9 Å². The van der Waals surface area contributed by atoms with Gasteiger partial charge in [0.2, 0.25) is 0 Å². The summed E-state index contributed by atoms with van der Waals surface area (Å²) >= 11 is 1.91. The van der Waals surface area contributed by atoms with Gasteiger partial charge in [0.05, 0.1) is 11.2 Å². The fourth-order valence-electron chi connectivity index (χ4n) is 6.25. The average molecular weight is 512 g/mol. The second-order valence-corrected chi connectivity index (χ2v) is 11.4. The summed E-state index contributed by atoms with van der Waals surface area (Å²) in [5, 5.41) is 11.5. The number of fused-ring (bicyclic) bond motifs is 4. The Labute approximate surface area is 228 Å². The lowest BCUT2D eigenvalue weighted by Crippen LogP contribution is -1.88. The molecule has 0 N–H and O–H groups in total. The summed E-state index contributed by atoms with van der Waals surface area (Å²) in [6, 6.07) is 46.4. The second kappa shape index (κ2) is 7.86. The molecular weight excluding hydrogens is 490 g/mol. The molecule has 0 radical (unpaired) electrons. The molecule has 180 valence electrons. The van der Waals surface area contributed by atoms with Gasteiger partial charge in [-0.25, -0.2) is 4.98 Å². The van der Waals surface area contributed by atoms with Gasteiger partial charge in [0.15, 0.2) is 0 Å². The van der Waals surface area contributed by atoms with Crippen molar-refractivity contribution in [3.8, 4) is 22.4 Å². The number of nitrogens with zero attached hydrogens (tertiary/aromatic N) is 1. The van der Waals surface area contributed by atoms with Gasteiger partial charge in [-0.2, -0.15) is 0 Å². The van der Waals surface area contributed by atoms with Gasteiger partial charge in [0.25, 0.3) is 0 Å². The molecule has 0 saturated heterocycles. The van der Waals surface area contributed by atoms with Gasteiger partial charge in [-0.1, -0.05) is 103 Å². The normalized spacial score (nSPS) is 12.1. The Morgan fingerprint density at radius 2 is 1.13 bits per heavy atom. The van der Waals surface area contributed by atoms with Crippen LogP contribution < -0.4 is 0 Å². The van der Waals surface area contributed by atoms with Crippen molar-refractivity contribution in [2.24, 2.45) is 0 Å². The Hall–Kier alpha value is -4.79. The maximum Gasteiger partial charge on any atom is 0.0787 e. The second-order valence-electron chi connectivity index (χ2n) is 10.4. The van der Waals surface area contributed by atoms with Gasteiger partial charge in [-0.3, -0.25) is 0 Å². The first-order valence-electron chi connectivity index (χ1n) is 13.3. The standard InChI is InChI=1S/C37H21NS/c1-2-6-30-22(4-1)8-11-25-17-19-32(38-36(25)30)29-15-13-26-20-28(14-12-27(26)21-29)31-18-16-24-10-9-23-5-3-7-33-34(23)35(24)37(31)39-33/h1-21H. The monoisotopic (exact) mass is 511 g/mol. The Morgan fingerprint density at radius 1 is 0.462 bits per heavy atom. The molecule has 0 amide bonds. The van der Waals surface area contributed by atoms with Crippen LogP contribution in [-0.2, 0) is 0 Å². The molecule has 9 aromatic rings. The van der Waals surface area contributed by atoms with Crippen molar-refractivity contribution < 1.29 is 0 Å². The van der Waals surface area contributed by atoms with E-state index < -0.39 is 0 Å². The van der Waals surface area contributed by atoms with Crippen molar-refractivity contribution in [2.75, 3.05) is 0 Å². The summed E-state index contributed by atoms with van der Waals surface area (Å²) in [6.45, 7) is 0. The van der Waals surface area contributed by atoms with Gasteiger partial charge < -0.3 is 0 Å². The number of benzene rings is 7. The van der Waals surface area contributed by atoms with E-state index in [1.54, 1.807) is 0 Å². The number of hydrogen-bond donors (Lipinski definition) is 0. The Kier molecular flexibility index (Phi) is 4.27. The maximum absolute atomic E-state index is 5.12. The summed E-state index contributed by atoms with van der Waals surface area (Å²) < 4.78 is 2.74. The minimum Gasteiger partial charge on any atom is -0.247 e. The van der Waals surface area contributed by atoms with Gasteiger partial charge in [-0.05, 0) is 62.3 Å². The lowest BCUT2D eigenvalue weighted by molar-refractivity contribution is 1.42. The van der Waals surface area contributed by atoms with Gasteiger partial charge in [0, 0.05) is 36.5 Å². The van der Waals surface area contributed by atoms with E-state index in [0.717, 1.165) is 16.8 Å². The van der Waals surface area contributed by atoms with Crippen molar-refractivity contribution in [3.05, 3.63) is 127 Å². The molecule has 39 heavy (non-hydrogen) atoms. The fraction of sp³-hybridized carbons (Fsp3) is 0. The quantitative estimate of drug-likeness (QED) is 0.210. The van der Waals surface area contributed by atoms with Crippen LogP contribution in [0.1, 0.15) is 0 Å². The van der Waals surface area contributed by atoms with E-state index in [2.05, 4.69) is 127 Å². The number of hydrogen-bond acceptors (Lipinski definition) is 2. The molecule has 1 nitrogen and oxygen atoms in total. The zero-order chi connectivity index (χ0) is 25.5. The van der Waals surface area contributed by atoms with Crippen LogP contribution in [0.4, 0.5) is 0 Å². The third kappa shape index (κ3) is 3.10. The lowest BCUT2D eigenvalue weighted by Gasteiger charge is -2.10. The molecule has 0 spiro atoms. The Balaban J connectivity index is 1.18. The Morgan fingerprint density at radius 3 is 2.05 bits per heavy atom. The molecule has 7 aromatic carbocycles. The minimum atomic E-state index is 1.01. The summed E-state index contributed by atoms with van der Waals surface area (Å²) in [5.74, 6) is 0. The van der Waals surface area contributed by atoms with Crippen LogP contribution >= 0.6 is 11.3 Å². The fourth-order valence-corrected chi connectivity index (χ4v) is 7.55. The molecule has 0 bridgehead atoms. The first-order valence-corrected chi connectivity index (χ1v) is 14.1. The molecule has 0 aliphatic rings. The van der Waals surface area contributed by atoms with Crippen molar-refractivity contribution in [2.45, 2.75) is 0 Å². The van der Waals surface area contributed by atoms with E-state index in [4.69, 9.17) is 4.98 Å². The first kappa shape index (κ1) is 21.2. The highest BCUT2D eigenvalue weighted by Crippen LogP contribution is 2.45. The lowest BCUT2D eigenvalue weighted by atomic mass is 9.95. The third-order valence-electron chi connectivity index (χ3n) is 8.18. The van der Waals surface area contributed by atoms with Crippen molar-refractivity contribution in [1.29, 1.82) is 0 Å². The average Bonchev–Trinajstić information content (AvgIpc) is 3.40. The number of thiophene rings is 1. The molecule has 9 rings (SSSR count). The van der Waals surface area contributed by atoms with Gasteiger partial charge in [0.1, 0.15) is 0 Å². The van der Waals surface area contributed by atoms with E-state index in [-0.39, 0.29) is 0 Å². The van der Waals surface area contributed by atoms with Crippen LogP contribution in [0.25, 0.3) is 85.8 Å². The molecule has 2 aromatic heterocycles. The highest BCUT2D eigenvalue weighted by molar-refractivity contribution is 7.26. The zero-order valence-corrected chi connectivity index (χ0v) is 21.8. The molecule has 0 saturated carbocycles. The molecule has 0 aliphatic heterocycles. The summed E-state index contributed by atoms with van der Waals surface area (Å²) in [7, 11) is 0. The minimum absolute atomic E-state index is 1.01. The predicted octanol–water partition coefficient (Wildman–Crippen LogP) is 10.8. The predicted molar refractivity (Wildman–Crippen MR) is 169 cm³/mol. The summed E-state index contributed by atoms with van der Waals surface area (Å²) in [4.78, 5) is 5.12. The van der Waals surface area contributed by atoms with Crippen LogP contribution in [0.3, 0.4) is 0 Å². The van der Waals surface area contributed by atoms with Crippen LogP contribution in [-0.4, -0.2) is 4.98 Å². The van der Waals surface area contributed by atoms with Crippen LogP contribution in [0.2, 0.25) is 0 Å². The Bertz CT molecular complexity index is 2390. The van der Waals surface area contributed by atoms with E-state index in [0.29, 0.717) is 0 Å². The van der Waals surface area contributed by atoms with Crippen LogP contribution in [0, 0.1) is 0 Å². The number of rotatable bonds is 2. The molecule has 0 fully saturated rings. The molecule has 2 heterocycles. The highest BCUT2D eigenvalue weighted by atomic mass is 32.1. The van der Waals surface area contributed by atoms with Gasteiger partial charge >= 0.3 is 0 Å². The van der Waals surface area contributed by atoms with E-state index >= 15 is 0 Å². The third-order valence-corrected chi connectivity index (χ3v) is 9.37. The summed E-state index contributed by atoms with van der Waals surface area (Å²) in [5.41, 5.74) is 5.78. The van der Waals surface area contributed by atoms with Crippen LogP contribution in [0.15, 0.2) is 127 Å². The van der Waals surface area contributed by atoms with Crippen molar-refractivity contribution in [3.63, 3.8) is 0 Å². The van der Waals surface area contributed by atoms with E-state index in [9.17, 15) is 0 Å². The zero-order valence-electron chi connectivity index (χ0n) is 21.0. The summed E-state index contributed by atoms with van der Waals surface area (Å²) in [6.07, 6.45) is 0. The van der Waals surface area contributed by atoms with Crippen molar-refractivity contribution >= 4 is 74.7 Å². The van der Waals surface area contributed by atoms with Crippen molar-refractivity contribution in [1.82, 2.24) is 4.98 Å². The van der Waals surface area contributed by atoms with E-state index in [1.807, 2.05) is 11.3 Å². The van der Waals surface area contributed by atoms with Crippen LogP contribution in [0.5, 0.6) is 0 Å². The van der Waals surface area contributed by atoms with E-state index in [1.165, 1.54) is 69.0 Å². The maximum atomic E-state index is 5.12. The van der Waals surface area contributed by atoms with Gasteiger partial charge in [-0.15, -0.1) is 11.3 Å². The first-order chi connectivity index (χ1) is 19.3. The smallest absolute Gasteiger partial charge is 0.0787 e.